The van der Waals surface area contributed by atoms with Gasteiger partial charge < -0.3 is 4.74 Å². The minimum absolute atomic E-state index is 0.101. The van der Waals surface area contributed by atoms with Crippen LogP contribution in [0.5, 0.6) is 11.5 Å². The number of benzene rings is 1. The van der Waals surface area contributed by atoms with Crippen LogP contribution >= 0.6 is 0 Å². The number of rotatable bonds is 1. The van der Waals surface area contributed by atoms with E-state index < -0.39 is 0 Å². The molecule has 0 saturated heterocycles. The maximum absolute atomic E-state index is 6.21. The lowest BCUT2D eigenvalue weighted by molar-refractivity contribution is 0.467. The predicted octanol–water partition coefficient (Wildman–Crippen LogP) is 6.58. The second-order valence-corrected chi connectivity index (χ2v) is 8.72. The molecule has 0 radical (unpaired) electrons. The van der Waals surface area contributed by atoms with Gasteiger partial charge in [-0.15, -0.1) is 0 Å². The molecule has 1 aliphatic heterocycles. The molecule has 28 heavy (non-hydrogen) atoms. The van der Waals surface area contributed by atoms with Gasteiger partial charge in [0.2, 0.25) is 0 Å². The average Bonchev–Trinajstić information content (AvgIpc) is 2.60. The van der Waals surface area contributed by atoms with Crippen molar-refractivity contribution in [3.63, 3.8) is 0 Å². The monoisotopic (exact) mass is 373 g/mol. The Morgan fingerprint density at radius 2 is 1.57 bits per heavy atom. The van der Waals surface area contributed by atoms with Crippen LogP contribution in [0.25, 0.3) is 0 Å². The molecule has 0 spiro atoms. The number of anilines is 3. The van der Waals surface area contributed by atoms with Crippen molar-refractivity contribution in [1.82, 2.24) is 9.97 Å². The summed E-state index contributed by atoms with van der Waals surface area (Å²) in [5.41, 5.74) is 8.03. The molecule has 0 unspecified atom stereocenters. The van der Waals surface area contributed by atoms with E-state index in [0.717, 1.165) is 39.9 Å². The molecule has 2 aromatic heterocycles. The molecule has 0 bridgehead atoms. The first-order valence-electron chi connectivity index (χ1n) is 9.69. The van der Waals surface area contributed by atoms with E-state index in [2.05, 4.69) is 62.7 Å². The Labute approximate surface area is 167 Å². The molecule has 4 rings (SSSR count). The Morgan fingerprint density at radius 3 is 2.21 bits per heavy atom. The van der Waals surface area contributed by atoms with E-state index in [0.29, 0.717) is 0 Å². The van der Waals surface area contributed by atoms with Crippen molar-refractivity contribution in [2.75, 3.05) is 4.90 Å². The molecule has 0 amide bonds. The van der Waals surface area contributed by atoms with Crippen LogP contribution in [0.4, 0.5) is 17.2 Å². The van der Waals surface area contributed by atoms with E-state index in [9.17, 15) is 0 Å². The molecular weight excluding hydrogens is 346 g/mol. The fourth-order valence-corrected chi connectivity index (χ4v) is 3.79. The van der Waals surface area contributed by atoms with Crippen LogP contribution in [-0.4, -0.2) is 9.97 Å². The first-order chi connectivity index (χ1) is 13.2. The van der Waals surface area contributed by atoms with Gasteiger partial charge in [-0.1, -0.05) is 32.9 Å². The van der Waals surface area contributed by atoms with E-state index in [-0.39, 0.29) is 5.41 Å². The zero-order valence-corrected chi connectivity index (χ0v) is 17.7. The minimum atomic E-state index is 0.101. The van der Waals surface area contributed by atoms with Gasteiger partial charge in [-0.05, 0) is 67.5 Å². The first-order valence-corrected chi connectivity index (χ1v) is 9.69. The third-order valence-corrected chi connectivity index (χ3v) is 5.31. The van der Waals surface area contributed by atoms with Gasteiger partial charge in [-0.3, -0.25) is 9.88 Å². The molecule has 144 valence electrons. The standard InChI is InChI=1S/C24H27N3O/c1-14-8-9-25-23-22(14)28-20-13-26-17(4)12-19(20)27(23)21-15(2)10-18(11-16(21)3)24(5,6)7/h8-13H,1-7H3. The number of fused-ring (bicyclic) bond motifs is 2. The van der Waals surface area contributed by atoms with Crippen LogP contribution in [0, 0.1) is 27.7 Å². The van der Waals surface area contributed by atoms with Crippen LogP contribution in [0.15, 0.2) is 36.7 Å². The molecule has 3 heterocycles. The average molecular weight is 374 g/mol. The van der Waals surface area contributed by atoms with E-state index >= 15 is 0 Å². The van der Waals surface area contributed by atoms with Crippen LogP contribution in [0.2, 0.25) is 0 Å². The van der Waals surface area contributed by atoms with Gasteiger partial charge in [0, 0.05) is 11.9 Å². The quantitative estimate of drug-likeness (QED) is 0.377. The number of aryl methyl sites for hydroxylation is 4. The van der Waals surface area contributed by atoms with E-state index in [1.807, 2.05) is 26.1 Å². The zero-order valence-electron chi connectivity index (χ0n) is 17.7. The molecule has 4 heteroatoms. The highest BCUT2D eigenvalue weighted by molar-refractivity contribution is 5.87. The van der Waals surface area contributed by atoms with Crippen LogP contribution in [0.1, 0.15) is 48.7 Å². The Morgan fingerprint density at radius 1 is 0.893 bits per heavy atom. The van der Waals surface area contributed by atoms with Crippen LogP contribution in [0.3, 0.4) is 0 Å². The Hall–Kier alpha value is -2.88. The number of aromatic nitrogens is 2. The van der Waals surface area contributed by atoms with Gasteiger partial charge in [0.15, 0.2) is 17.3 Å². The normalized spacial score (nSPS) is 13.0. The Balaban J connectivity index is 2.01. The predicted molar refractivity (Wildman–Crippen MR) is 114 cm³/mol. The molecule has 0 fully saturated rings. The summed E-state index contributed by atoms with van der Waals surface area (Å²) in [6.45, 7) is 15.2. The van der Waals surface area contributed by atoms with E-state index in [1.165, 1.54) is 16.7 Å². The van der Waals surface area contributed by atoms with Gasteiger partial charge in [-0.2, -0.15) is 0 Å². The summed E-state index contributed by atoms with van der Waals surface area (Å²) in [5, 5.41) is 0. The van der Waals surface area contributed by atoms with Gasteiger partial charge in [0.05, 0.1) is 17.6 Å². The number of hydrogen-bond donors (Lipinski definition) is 0. The third-order valence-electron chi connectivity index (χ3n) is 5.31. The van der Waals surface area contributed by atoms with Gasteiger partial charge in [0.25, 0.3) is 0 Å². The van der Waals surface area contributed by atoms with Crippen molar-refractivity contribution in [2.45, 2.75) is 53.9 Å². The number of ether oxygens (including phenoxy) is 1. The van der Waals surface area contributed by atoms with Crippen molar-refractivity contribution >= 4 is 17.2 Å². The summed E-state index contributed by atoms with van der Waals surface area (Å²) in [4.78, 5) is 11.4. The lowest BCUT2D eigenvalue weighted by Gasteiger charge is -2.35. The lowest BCUT2D eigenvalue weighted by Crippen LogP contribution is -2.21. The zero-order chi connectivity index (χ0) is 20.2. The molecule has 0 aliphatic carbocycles. The van der Waals surface area contributed by atoms with Crippen molar-refractivity contribution in [3.05, 3.63) is 64.6 Å². The molecule has 0 N–H and O–H groups in total. The lowest BCUT2D eigenvalue weighted by atomic mass is 9.84. The van der Waals surface area contributed by atoms with Gasteiger partial charge >= 0.3 is 0 Å². The van der Waals surface area contributed by atoms with Crippen molar-refractivity contribution in [2.24, 2.45) is 0 Å². The van der Waals surface area contributed by atoms with Crippen LogP contribution in [-0.2, 0) is 5.41 Å². The van der Waals surface area contributed by atoms with Gasteiger partial charge in [-0.25, -0.2) is 4.98 Å². The topological polar surface area (TPSA) is 38.3 Å². The maximum atomic E-state index is 6.21. The highest BCUT2D eigenvalue weighted by Gasteiger charge is 2.31. The van der Waals surface area contributed by atoms with Crippen molar-refractivity contribution in [1.29, 1.82) is 0 Å². The Kier molecular flexibility index (Phi) is 4.18. The smallest absolute Gasteiger partial charge is 0.181 e. The largest absolute Gasteiger partial charge is 0.449 e. The summed E-state index contributed by atoms with van der Waals surface area (Å²) in [6, 6.07) is 8.63. The highest BCUT2D eigenvalue weighted by atomic mass is 16.5. The van der Waals surface area contributed by atoms with Crippen molar-refractivity contribution < 1.29 is 4.74 Å². The van der Waals surface area contributed by atoms with Gasteiger partial charge in [0.1, 0.15) is 0 Å². The number of nitrogens with zero attached hydrogens (tertiary/aromatic N) is 3. The van der Waals surface area contributed by atoms with Crippen molar-refractivity contribution in [3.8, 4) is 11.5 Å². The third kappa shape index (κ3) is 2.93. The summed E-state index contributed by atoms with van der Waals surface area (Å²) in [6.07, 6.45) is 3.65. The maximum Gasteiger partial charge on any atom is 0.181 e. The molecule has 1 aliphatic rings. The SMILES string of the molecule is Cc1cc2c(cn1)Oc1c(C)ccnc1N2c1c(C)cc(C(C)(C)C)cc1C. The fourth-order valence-electron chi connectivity index (χ4n) is 3.79. The molecular formula is C24H27N3O. The summed E-state index contributed by atoms with van der Waals surface area (Å²) in [5.74, 6) is 2.38. The molecule has 0 saturated carbocycles. The number of pyridine rings is 2. The van der Waals surface area contributed by atoms with E-state index in [1.54, 1.807) is 6.20 Å². The first kappa shape index (κ1) is 18.5. The summed E-state index contributed by atoms with van der Waals surface area (Å²) >= 11 is 0. The fraction of sp³-hybridized carbons (Fsp3) is 0.333. The molecule has 0 atom stereocenters. The Bertz CT molecular complexity index is 1050. The van der Waals surface area contributed by atoms with E-state index in [4.69, 9.17) is 9.72 Å². The molecule has 1 aromatic carbocycles. The van der Waals surface area contributed by atoms with Crippen LogP contribution < -0.4 is 9.64 Å². The molecule has 4 nitrogen and oxygen atoms in total. The summed E-state index contributed by atoms with van der Waals surface area (Å²) in [7, 11) is 0. The summed E-state index contributed by atoms with van der Waals surface area (Å²) < 4.78 is 6.21. The molecule has 3 aromatic rings. The highest BCUT2D eigenvalue weighted by Crippen LogP contribution is 2.52. The second kappa shape index (κ2) is 6.33. The number of hydrogen-bond acceptors (Lipinski definition) is 4. The minimum Gasteiger partial charge on any atom is -0.449 e. The second-order valence-electron chi connectivity index (χ2n) is 8.72.